The maximum absolute atomic E-state index is 13.0. The first-order valence-corrected chi connectivity index (χ1v) is 8.03. The Kier molecular flexibility index (Phi) is 4.47. The van der Waals surface area contributed by atoms with Crippen molar-refractivity contribution in [2.75, 3.05) is 19.8 Å². The molecular weight excluding hydrogens is 312 g/mol. The Morgan fingerprint density at radius 3 is 2.88 bits per heavy atom. The summed E-state index contributed by atoms with van der Waals surface area (Å²) < 4.78 is 11.2. The van der Waals surface area contributed by atoms with Gasteiger partial charge in [-0.25, -0.2) is 5.48 Å². The fourth-order valence-corrected chi connectivity index (χ4v) is 3.12. The molecular formula is C17H22N2O5. The molecule has 1 aromatic rings. The zero-order valence-electron chi connectivity index (χ0n) is 13.9. The molecule has 0 radical (unpaired) electrons. The number of fused-ring (bicyclic) bond motifs is 1. The third kappa shape index (κ3) is 2.97. The van der Waals surface area contributed by atoms with E-state index in [1.165, 1.54) is 0 Å². The van der Waals surface area contributed by atoms with Crippen molar-refractivity contribution in [3.63, 3.8) is 0 Å². The van der Waals surface area contributed by atoms with Crippen LogP contribution in [0, 0.1) is 5.41 Å². The Hall–Kier alpha value is -2.12. The highest BCUT2D eigenvalue weighted by atomic mass is 16.5. The molecule has 1 saturated heterocycles. The summed E-state index contributed by atoms with van der Waals surface area (Å²) in [5.74, 6) is 0.0365. The van der Waals surface area contributed by atoms with Gasteiger partial charge in [-0.2, -0.15) is 0 Å². The van der Waals surface area contributed by atoms with Crippen molar-refractivity contribution < 1.29 is 24.3 Å². The van der Waals surface area contributed by atoms with Crippen LogP contribution in [0.3, 0.4) is 0 Å². The number of nitrogens with zero attached hydrogens (tertiary/aromatic N) is 1. The first-order valence-electron chi connectivity index (χ1n) is 8.03. The lowest BCUT2D eigenvalue weighted by molar-refractivity contribution is -0.144. The van der Waals surface area contributed by atoms with E-state index in [1.54, 1.807) is 23.7 Å². The normalized spacial score (nSPS) is 26.3. The topological polar surface area (TPSA) is 88.1 Å². The van der Waals surface area contributed by atoms with Crippen LogP contribution in [0.2, 0.25) is 0 Å². The van der Waals surface area contributed by atoms with Crippen molar-refractivity contribution >= 4 is 11.8 Å². The van der Waals surface area contributed by atoms with Crippen molar-refractivity contribution in [2.45, 2.75) is 32.9 Å². The second-order valence-electron chi connectivity index (χ2n) is 6.72. The average Bonchev–Trinajstić information content (AvgIpc) is 2.97. The minimum atomic E-state index is -0.595. The summed E-state index contributed by atoms with van der Waals surface area (Å²) in [5.41, 5.74) is 2.26. The van der Waals surface area contributed by atoms with E-state index in [0.717, 1.165) is 12.0 Å². The number of ether oxygens (including phenoxy) is 2. The van der Waals surface area contributed by atoms with Crippen LogP contribution in [0.15, 0.2) is 18.2 Å². The summed E-state index contributed by atoms with van der Waals surface area (Å²) in [6.07, 6.45) is 0.721. The Balaban J connectivity index is 1.87. The largest absolute Gasteiger partial charge is 0.491 e. The van der Waals surface area contributed by atoms with E-state index in [0.29, 0.717) is 37.7 Å². The van der Waals surface area contributed by atoms with Gasteiger partial charge in [-0.1, -0.05) is 6.07 Å². The lowest BCUT2D eigenvalue weighted by Gasteiger charge is -2.33. The van der Waals surface area contributed by atoms with E-state index in [1.807, 2.05) is 18.7 Å². The number of carbonyl (C=O) groups excluding carboxylic acids is 2. The second kappa shape index (κ2) is 6.41. The summed E-state index contributed by atoms with van der Waals surface area (Å²) in [5, 5.41) is 8.75. The number of amides is 2. The number of rotatable bonds is 2. The number of carbonyl (C=O) groups is 2. The molecule has 1 aromatic carbocycles. The van der Waals surface area contributed by atoms with Gasteiger partial charge in [0.15, 0.2) is 0 Å². The molecule has 2 heterocycles. The molecule has 2 amide bonds. The standard InChI is InChI=1S/C17H22N2O5/c1-11-9-24-14-7-12(15(20)18-22)3-4-13(14)8-19(11)16(21)17(2)5-6-23-10-17/h3-4,7,11,22H,5-6,8-10H2,1-2H3,(H,18,20)/t11-,17+/m0/s1. The monoisotopic (exact) mass is 334 g/mol. The minimum Gasteiger partial charge on any atom is -0.491 e. The van der Waals surface area contributed by atoms with E-state index in [2.05, 4.69) is 0 Å². The number of hydrogen-bond donors (Lipinski definition) is 2. The molecule has 0 aromatic heterocycles. The zero-order chi connectivity index (χ0) is 17.3. The number of benzene rings is 1. The first-order chi connectivity index (χ1) is 11.4. The Morgan fingerprint density at radius 2 is 2.21 bits per heavy atom. The van der Waals surface area contributed by atoms with Gasteiger partial charge in [0.25, 0.3) is 5.91 Å². The fraction of sp³-hybridized carbons (Fsp3) is 0.529. The first kappa shape index (κ1) is 16.7. The molecule has 2 aliphatic heterocycles. The van der Waals surface area contributed by atoms with Crippen LogP contribution in [-0.2, 0) is 16.1 Å². The molecule has 3 rings (SSSR count). The van der Waals surface area contributed by atoms with Gasteiger partial charge in [-0.05, 0) is 32.4 Å². The highest BCUT2D eigenvalue weighted by Crippen LogP contribution is 2.34. The van der Waals surface area contributed by atoms with Gasteiger partial charge in [0.1, 0.15) is 12.4 Å². The van der Waals surface area contributed by atoms with Gasteiger partial charge in [-0.3, -0.25) is 14.8 Å². The molecule has 7 heteroatoms. The molecule has 0 spiro atoms. The molecule has 130 valence electrons. The Bertz CT molecular complexity index is 654. The van der Waals surface area contributed by atoms with E-state index in [-0.39, 0.29) is 11.9 Å². The van der Waals surface area contributed by atoms with Gasteiger partial charge in [0.05, 0.1) is 18.1 Å². The highest BCUT2D eigenvalue weighted by Gasteiger charge is 2.42. The number of nitrogens with one attached hydrogen (secondary N) is 1. The minimum absolute atomic E-state index is 0.0705. The molecule has 2 N–H and O–H groups in total. The van der Waals surface area contributed by atoms with Crippen LogP contribution in [-0.4, -0.2) is 47.8 Å². The van der Waals surface area contributed by atoms with Crippen LogP contribution < -0.4 is 10.2 Å². The van der Waals surface area contributed by atoms with Crippen molar-refractivity contribution in [2.24, 2.45) is 5.41 Å². The summed E-state index contributed by atoms with van der Waals surface area (Å²) >= 11 is 0. The smallest absolute Gasteiger partial charge is 0.274 e. The highest BCUT2D eigenvalue weighted by molar-refractivity contribution is 5.93. The van der Waals surface area contributed by atoms with Crippen LogP contribution >= 0.6 is 0 Å². The van der Waals surface area contributed by atoms with Crippen molar-refractivity contribution in [3.05, 3.63) is 29.3 Å². The van der Waals surface area contributed by atoms with Gasteiger partial charge >= 0.3 is 0 Å². The third-order valence-electron chi connectivity index (χ3n) is 4.78. The molecule has 0 saturated carbocycles. The zero-order valence-corrected chi connectivity index (χ0v) is 13.9. The van der Waals surface area contributed by atoms with Crippen LogP contribution in [0.4, 0.5) is 0 Å². The van der Waals surface area contributed by atoms with Crippen molar-refractivity contribution in [1.82, 2.24) is 10.4 Å². The molecule has 2 atom stereocenters. The Labute approximate surface area is 140 Å². The van der Waals surface area contributed by atoms with Gasteiger partial charge in [-0.15, -0.1) is 0 Å². The maximum atomic E-state index is 13.0. The van der Waals surface area contributed by atoms with E-state index in [9.17, 15) is 9.59 Å². The quantitative estimate of drug-likeness (QED) is 0.629. The van der Waals surface area contributed by atoms with Crippen LogP contribution in [0.5, 0.6) is 5.75 Å². The number of hydrogen-bond acceptors (Lipinski definition) is 5. The Morgan fingerprint density at radius 1 is 1.42 bits per heavy atom. The van der Waals surface area contributed by atoms with Crippen molar-refractivity contribution in [3.8, 4) is 5.75 Å². The summed E-state index contributed by atoms with van der Waals surface area (Å²) in [6.45, 7) is 5.71. The molecule has 0 unspecified atom stereocenters. The predicted octanol–water partition coefficient (Wildman–Crippen LogP) is 1.34. The van der Waals surface area contributed by atoms with E-state index in [4.69, 9.17) is 14.7 Å². The summed E-state index contributed by atoms with van der Waals surface area (Å²) in [4.78, 5) is 26.4. The van der Waals surface area contributed by atoms with Crippen LogP contribution in [0.1, 0.15) is 36.2 Å². The summed E-state index contributed by atoms with van der Waals surface area (Å²) in [7, 11) is 0. The molecule has 24 heavy (non-hydrogen) atoms. The van der Waals surface area contributed by atoms with Crippen molar-refractivity contribution in [1.29, 1.82) is 0 Å². The third-order valence-corrected chi connectivity index (χ3v) is 4.78. The van der Waals surface area contributed by atoms with Gasteiger partial charge in [0, 0.05) is 24.3 Å². The molecule has 0 aliphatic carbocycles. The molecule has 2 aliphatic rings. The lowest BCUT2D eigenvalue weighted by Crippen LogP contribution is -2.47. The summed E-state index contributed by atoms with van der Waals surface area (Å²) in [6, 6.07) is 4.86. The van der Waals surface area contributed by atoms with Gasteiger partial charge in [0.2, 0.25) is 5.91 Å². The molecule has 7 nitrogen and oxygen atoms in total. The van der Waals surface area contributed by atoms with E-state index < -0.39 is 11.3 Å². The predicted molar refractivity (Wildman–Crippen MR) is 84.7 cm³/mol. The molecule has 1 fully saturated rings. The second-order valence-corrected chi connectivity index (χ2v) is 6.72. The molecule has 0 bridgehead atoms. The lowest BCUT2D eigenvalue weighted by atomic mass is 9.87. The fourth-order valence-electron chi connectivity index (χ4n) is 3.12. The van der Waals surface area contributed by atoms with Gasteiger partial charge < -0.3 is 14.4 Å². The van der Waals surface area contributed by atoms with Crippen LogP contribution in [0.25, 0.3) is 0 Å². The average molecular weight is 334 g/mol. The SMILES string of the molecule is C[C@H]1COc2cc(C(=O)NO)ccc2CN1C(=O)[C@]1(C)CCOC1. The van der Waals surface area contributed by atoms with E-state index >= 15 is 0 Å². The maximum Gasteiger partial charge on any atom is 0.274 e. The number of hydroxylamine groups is 1.